The van der Waals surface area contributed by atoms with Crippen molar-refractivity contribution in [2.45, 2.75) is 32.2 Å². The van der Waals surface area contributed by atoms with Crippen molar-refractivity contribution < 1.29 is 14.3 Å². The monoisotopic (exact) mass is 375 g/mol. The Hall–Kier alpha value is -2.55. The second kappa shape index (κ2) is 7.36. The number of hydrogen-bond acceptors (Lipinski definition) is 7. The Bertz CT molecular complexity index is 796. The summed E-state index contributed by atoms with van der Waals surface area (Å²) >= 11 is 1.39. The van der Waals surface area contributed by atoms with Crippen LogP contribution in [-0.4, -0.2) is 42.0 Å². The minimum Gasteiger partial charge on any atom is -0.486 e. The highest BCUT2D eigenvalue weighted by Crippen LogP contribution is 2.33. The molecule has 8 nitrogen and oxygen atoms in total. The number of ether oxygens (including phenoxy) is 2. The van der Waals surface area contributed by atoms with Crippen LogP contribution in [0, 0.1) is 0 Å². The first-order chi connectivity index (χ1) is 12.7. The molecule has 2 aliphatic heterocycles. The Morgan fingerprint density at radius 1 is 1.19 bits per heavy atom. The van der Waals surface area contributed by atoms with Gasteiger partial charge in [0.1, 0.15) is 13.2 Å². The summed E-state index contributed by atoms with van der Waals surface area (Å²) in [6, 6.07) is 5.39. The van der Waals surface area contributed by atoms with Crippen LogP contribution in [0.1, 0.15) is 26.2 Å². The number of benzene rings is 1. The Morgan fingerprint density at radius 2 is 2.04 bits per heavy atom. The third kappa shape index (κ3) is 3.67. The van der Waals surface area contributed by atoms with Crippen LogP contribution < -0.4 is 25.0 Å². The molecule has 1 aromatic heterocycles. The SMILES string of the molecule is C[C@H]1CCCCN1c1nnc(NC(=O)Nc2ccc3c(c2)OCCO3)s1. The van der Waals surface area contributed by atoms with E-state index in [1.807, 2.05) is 0 Å². The number of urea groups is 1. The van der Waals surface area contributed by atoms with Gasteiger partial charge in [0.05, 0.1) is 0 Å². The van der Waals surface area contributed by atoms with Crippen LogP contribution >= 0.6 is 11.3 Å². The van der Waals surface area contributed by atoms with E-state index in [4.69, 9.17) is 9.47 Å². The van der Waals surface area contributed by atoms with Crippen molar-refractivity contribution >= 4 is 33.3 Å². The number of nitrogens with one attached hydrogen (secondary N) is 2. The molecule has 0 radical (unpaired) electrons. The number of aromatic nitrogens is 2. The number of rotatable bonds is 3. The molecule has 0 saturated carbocycles. The van der Waals surface area contributed by atoms with Crippen molar-refractivity contribution in [3.05, 3.63) is 18.2 Å². The first-order valence-corrected chi connectivity index (χ1v) is 9.58. The number of nitrogens with zero attached hydrogens (tertiary/aromatic N) is 3. The maximum atomic E-state index is 12.2. The molecule has 4 rings (SSSR count). The summed E-state index contributed by atoms with van der Waals surface area (Å²) in [7, 11) is 0. The summed E-state index contributed by atoms with van der Waals surface area (Å²) in [5.41, 5.74) is 0.626. The second-order valence-electron chi connectivity index (χ2n) is 6.37. The maximum absolute atomic E-state index is 12.2. The summed E-state index contributed by atoms with van der Waals surface area (Å²) in [6.07, 6.45) is 3.57. The highest BCUT2D eigenvalue weighted by atomic mass is 32.1. The lowest BCUT2D eigenvalue weighted by Gasteiger charge is -2.32. The first-order valence-electron chi connectivity index (χ1n) is 8.77. The fourth-order valence-electron chi connectivity index (χ4n) is 3.14. The normalized spacial score (nSPS) is 19.1. The van der Waals surface area contributed by atoms with E-state index in [1.54, 1.807) is 18.2 Å². The number of amides is 2. The molecule has 9 heteroatoms. The smallest absolute Gasteiger partial charge is 0.325 e. The van der Waals surface area contributed by atoms with E-state index in [0.29, 0.717) is 41.6 Å². The van der Waals surface area contributed by atoms with Crippen LogP contribution in [0.4, 0.5) is 20.7 Å². The molecular weight excluding hydrogens is 354 g/mol. The molecule has 0 aliphatic carbocycles. The number of carbonyl (C=O) groups excluding carboxylic acids is 1. The van der Waals surface area contributed by atoms with Crippen molar-refractivity contribution in [2.24, 2.45) is 0 Å². The molecule has 1 aromatic carbocycles. The van der Waals surface area contributed by atoms with Crippen LogP contribution in [0.5, 0.6) is 11.5 Å². The highest BCUT2D eigenvalue weighted by Gasteiger charge is 2.22. The zero-order chi connectivity index (χ0) is 17.9. The van der Waals surface area contributed by atoms with Gasteiger partial charge in [0.2, 0.25) is 10.3 Å². The lowest BCUT2D eigenvalue weighted by molar-refractivity contribution is 0.171. The van der Waals surface area contributed by atoms with Gasteiger partial charge in [0.15, 0.2) is 11.5 Å². The molecule has 1 fully saturated rings. The van der Waals surface area contributed by atoms with Gasteiger partial charge in [-0.2, -0.15) is 0 Å². The summed E-state index contributed by atoms with van der Waals surface area (Å²) < 4.78 is 11.0. The van der Waals surface area contributed by atoms with E-state index >= 15 is 0 Å². The topological polar surface area (TPSA) is 88.6 Å². The molecule has 1 saturated heterocycles. The zero-order valence-corrected chi connectivity index (χ0v) is 15.3. The van der Waals surface area contributed by atoms with Gasteiger partial charge in [-0.15, -0.1) is 10.2 Å². The van der Waals surface area contributed by atoms with Crippen molar-refractivity contribution in [3.8, 4) is 11.5 Å². The van der Waals surface area contributed by atoms with Gasteiger partial charge in [0.25, 0.3) is 0 Å². The molecule has 0 bridgehead atoms. The van der Waals surface area contributed by atoms with Crippen molar-refractivity contribution in [2.75, 3.05) is 35.3 Å². The Kier molecular flexibility index (Phi) is 4.79. The van der Waals surface area contributed by atoms with Crippen LogP contribution in [0.25, 0.3) is 0 Å². The predicted molar refractivity (Wildman–Crippen MR) is 101 cm³/mol. The Labute approximate surface area is 155 Å². The minimum absolute atomic E-state index is 0.365. The number of fused-ring (bicyclic) bond motifs is 1. The number of carbonyl (C=O) groups is 1. The predicted octanol–water partition coefficient (Wildman–Crippen LogP) is 3.33. The molecule has 1 atom stereocenters. The van der Waals surface area contributed by atoms with Crippen molar-refractivity contribution in [1.29, 1.82) is 0 Å². The van der Waals surface area contributed by atoms with Crippen molar-refractivity contribution in [1.82, 2.24) is 10.2 Å². The number of anilines is 3. The Balaban J connectivity index is 1.38. The molecular formula is C17H21N5O3S. The maximum Gasteiger partial charge on any atom is 0.325 e. The summed E-state index contributed by atoms with van der Waals surface area (Å²) in [5.74, 6) is 1.32. The molecule has 26 heavy (non-hydrogen) atoms. The molecule has 0 unspecified atom stereocenters. The second-order valence-corrected chi connectivity index (χ2v) is 7.32. The standard InChI is InChI=1S/C17H21N5O3S/c1-11-4-2-3-7-22(11)17-21-20-16(26-17)19-15(23)18-12-5-6-13-14(10-12)25-9-8-24-13/h5-6,10-11H,2-4,7-9H2,1H3,(H2,18,19,20,23)/t11-/m0/s1. The Morgan fingerprint density at radius 3 is 2.88 bits per heavy atom. The molecule has 2 aliphatic rings. The quantitative estimate of drug-likeness (QED) is 0.855. The average molecular weight is 375 g/mol. The summed E-state index contributed by atoms with van der Waals surface area (Å²) in [5, 5.41) is 15.2. The largest absolute Gasteiger partial charge is 0.486 e. The fourth-order valence-corrected chi connectivity index (χ4v) is 4.01. The van der Waals surface area contributed by atoms with E-state index < -0.39 is 0 Å². The molecule has 2 aromatic rings. The number of piperidine rings is 1. The first kappa shape index (κ1) is 16.9. The van der Waals surface area contributed by atoms with Gasteiger partial charge in [0, 0.05) is 24.3 Å². The highest BCUT2D eigenvalue weighted by molar-refractivity contribution is 7.19. The minimum atomic E-state index is -0.365. The van der Waals surface area contributed by atoms with Crippen LogP contribution in [0.2, 0.25) is 0 Å². The van der Waals surface area contributed by atoms with E-state index in [0.717, 1.165) is 24.5 Å². The van der Waals surface area contributed by atoms with E-state index in [-0.39, 0.29) is 6.03 Å². The lowest BCUT2D eigenvalue weighted by Crippen LogP contribution is -2.37. The van der Waals surface area contributed by atoms with Gasteiger partial charge >= 0.3 is 6.03 Å². The van der Waals surface area contributed by atoms with Crippen LogP contribution in [0.3, 0.4) is 0 Å². The van der Waals surface area contributed by atoms with Gasteiger partial charge in [-0.05, 0) is 38.3 Å². The van der Waals surface area contributed by atoms with Gasteiger partial charge in [-0.3, -0.25) is 5.32 Å². The van der Waals surface area contributed by atoms with Crippen LogP contribution in [0.15, 0.2) is 18.2 Å². The molecule has 2 amide bonds. The number of hydrogen-bond donors (Lipinski definition) is 2. The molecule has 0 spiro atoms. The summed E-state index contributed by atoms with van der Waals surface area (Å²) in [4.78, 5) is 14.5. The van der Waals surface area contributed by atoms with Crippen molar-refractivity contribution in [3.63, 3.8) is 0 Å². The van der Waals surface area contributed by atoms with Gasteiger partial charge in [-0.25, -0.2) is 4.79 Å². The average Bonchev–Trinajstić information content (AvgIpc) is 3.10. The van der Waals surface area contributed by atoms with E-state index in [9.17, 15) is 4.79 Å². The zero-order valence-electron chi connectivity index (χ0n) is 14.5. The van der Waals surface area contributed by atoms with Gasteiger partial charge in [-0.1, -0.05) is 11.3 Å². The molecule has 2 N–H and O–H groups in total. The van der Waals surface area contributed by atoms with Crippen LogP contribution in [-0.2, 0) is 0 Å². The third-order valence-electron chi connectivity index (χ3n) is 4.48. The van der Waals surface area contributed by atoms with E-state index in [2.05, 4.69) is 32.7 Å². The van der Waals surface area contributed by atoms with E-state index in [1.165, 1.54) is 17.8 Å². The van der Waals surface area contributed by atoms with Gasteiger partial charge < -0.3 is 19.7 Å². The molecule has 3 heterocycles. The fraction of sp³-hybridized carbons (Fsp3) is 0.471. The summed E-state index contributed by atoms with van der Waals surface area (Å²) in [6.45, 7) is 4.22. The lowest BCUT2D eigenvalue weighted by atomic mass is 10.1. The third-order valence-corrected chi connectivity index (χ3v) is 5.36. The molecule has 138 valence electrons.